The summed E-state index contributed by atoms with van der Waals surface area (Å²) >= 11 is 0. The van der Waals surface area contributed by atoms with Crippen molar-refractivity contribution in [2.75, 3.05) is 45.8 Å². The highest BCUT2D eigenvalue weighted by atomic mass is 15.3. The van der Waals surface area contributed by atoms with E-state index in [0.29, 0.717) is 0 Å². The van der Waals surface area contributed by atoms with Crippen LogP contribution in [0.15, 0.2) is 0 Å². The van der Waals surface area contributed by atoms with E-state index in [1.807, 2.05) is 0 Å². The molecule has 0 atom stereocenters. The van der Waals surface area contributed by atoms with E-state index in [-0.39, 0.29) is 0 Å². The van der Waals surface area contributed by atoms with Gasteiger partial charge < -0.3 is 10.6 Å². The first-order valence-corrected chi connectivity index (χ1v) is 5.37. The average Bonchev–Trinajstić information content (AvgIpc) is 2.08. The Labute approximate surface area is 81.9 Å². The highest BCUT2D eigenvalue weighted by Crippen LogP contribution is 2.04. The zero-order chi connectivity index (χ0) is 9.68. The Morgan fingerprint density at radius 1 is 1.08 bits per heavy atom. The summed E-state index contributed by atoms with van der Waals surface area (Å²) in [5.41, 5.74) is 5.52. The molecule has 1 heterocycles. The molecular weight excluding hydrogens is 162 g/mol. The summed E-state index contributed by atoms with van der Waals surface area (Å²) in [6, 6.07) is 0. The third-order valence-corrected chi connectivity index (χ3v) is 2.53. The fourth-order valence-electron chi connectivity index (χ4n) is 1.89. The molecule has 1 fully saturated rings. The van der Waals surface area contributed by atoms with Crippen LogP contribution in [0.25, 0.3) is 0 Å². The molecule has 1 aliphatic heterocycles. The molecule has 0 spiro atoms. The fourth-order valence-corrected chi connectivity index (χ4v) is 1.89. The fraction of sp³-hybridized carbons (Fsp3) is 1.00. The maximum atomic E-state index is 5.52. The smallest absolute Gasteiger partial charge is 0.0110 e. The summed E-state index contributed by atoms with van der Waals surface area (Å²) in [5.74, 6) is 0.793. The van der Waals surface area contributed by atoms with Crippen LogP contribution < -0.4 is 5.73 Å². The van der Waals surface area contributed by atoms with Crippen molar-refractivity contribution >= 4 is 0 Å². The Hall–Kier alpha value is -0.120. The van der Waals surface area contributed by atoms with Crippen molar-refractivity contribution in [2.45, 2.75) is 13.8 Å². The largest absolute Gasteiger partial charge is 0.329 e. The maximum absolute atomic E-state index is 5.52. The van der Waals surface area contributed by atoms with Crippen molar-refractivity contribution in [2.24, 2.45) is 11.7 Å². The van der Waals surface area contributed by atoms with Gasteiger partial charge in [0.05, 0.1) is 0 Å². The standard InChI is InChI=1S/C10H23N3/c1-10(2)9-13-7-5-12(4-3-11)6-8-13/h10H,3-9,11H2,1-2H3. The highest BCUT2D eigenvalue weighted by molar-refractivity contribution is 4.72. The van der Waals surface area contributed by atoms with Crippen LogP contribution >= 0.6 is 0 Å². The van der Waals surface area contributed by atoms with E-state index in [1.165, 1.54) is 32.7 Å². The topological polar surface area (TPSA) is 32.5 Å². The van der Waals surface area contributed by atoms with Gasteiger partial charge in [-0.1, -0.05) is 13.8 Å². The zero-order valence-electron chi connectivity index (χ0n) is 9.00. The van der Waals surface area contributed by atoms with Crippen LogP contribution in [0.5, 0.6) is 0 Å². The monoisotopic (exact) mass is 185 g/mol. The Bertz CT molecular complexity index is 128. The Kier molecular flexibility index (Phi) is 4.70. The second-order valence-corrected chi connectivity index (χ2v) is 4.32. The summed E-state index contributed by atoms with van der Waals surface area (Å²) in [6.45, 7) is 12.5. The molecule has 0 aromatic rings. The predicted octanol–water partition coefficient (Wildman–Crippen LogP) is 0.219. The van der Waals surface area contributed by atoms with Gasteiger partial charge in [0.1, 0.15) is 0 Å². The average molecular weight is 185 g/mol. The van der Waals surface area contributed by atoms with Gasteiger partial charge in [0.25, 0.3) is 0 Å². The van der Waals surface area contributed by atoms with Crippen LogP contribution in [0.3, 0.4) is 0 Å². The number of hydrogen-bond acceptors (Lipinski definition) is 3. The van der Waals surface area contributed by atoms with Crippen molar-refractivity contribution in [1.29, 1.82) is 0 Å². The number of hydrogen-bond donors (Lipinski definition) is 1. The molecule has 0 aromatic heterocycles. The number of piperazine rings is 1. The SMILES string of the molecule is CC(C)CN1CCN(CCN)CC1. The minimum absolute atomic E-state index is 0.793. The summed E-state index contributed by atoms with van der Waals surface area (Å²) in [5, 5.41) is 0. The minimum Gasteiger partial charge on any atom is -0.329 e. The van der Waals surface area contributed by atoms with Crippen LogP contribution in [-0.4, -0.2) is 55.6 Å². The summed E-state index contributed by atoms with van der Waals surface area (Å²) < 4.78 is 0. The maximum Gasteiger partial charge on any atom is 0.0110 e. The summed E-state index contributed by atoms with van der Waals surface area (Å²) in [6.07, 6.45) is 0. The lowest BCUT2D eigenvalue weighted by atomic mass is 10.2. The molecule has 0 radical (unpaired) electrons. The van der Waals surface area contributed by atoms with Gasteiger partial charge in [0, 0.05) is 45.8 Å². The van der Waals surface area contributed by atoms with Gasteiger partial charge in [-0.3, -0.25) is 4.90 Å². The molecule has 2 N–H and O–H groups in total. The van der Waals surface area contributed by atoms with Gasteiger partial charge in [-0.05, 0) is 5.92 Å². The molecule has 13 heavy (non-hydrogen) atoms. The molecule has 0 aliphatic carbocycles. The highest BCUT2D eigenvalue weighted by Gasteiger charge is 2.16. The van der Waals surface area contributed by atoms with Gasteiger partial charge in [-0.2, -0.15) is 0 Å². The van der Waals surface area contributed by atoms with Gasteiger partial charge in [-0.15, -0.1) is 0 Å². The number of nitrogens with two attached hydrogens (primary N) is 1. The van der Waals surface area contributed by atoms with E-state index in [1.54, 1.807) is 0 Å². The van der Waals surface area contributed by atoms with Crippen molar-refractivity contribution in [3.63, 3.8) is 0 Å². The van der Waals surface area contributed by atoms with Crippen molar-refractivity contribution in [1.82, 2.24) is 9.80 Å². The summed E-state index contributed by atoms with van der Waals surface area (Å²) in [7, 11) is 0. The first-order chi connectivity index (χ1) is 6.22. The molecular formula is C10H23N3. The first-order valence-electron chi connectivity index (χ1n) is 5.37. The van der Waals surface area contributed by atoms with E-state index >= 15 is 0 Å². The lowest BCUT2D eigenvalue weighted by Crippen LogP contribution is -2.48. The second-order valence-electron chi connectivity index (χ2n) is 4.32. The molecule has 0 aromatic carbocycles. The third-order valence-electron chi connectivity index (χ3n) is 2.53. The lowest BCUT2D eigenvalue weighted by molar-refractivity contribution is 0.125. The van der Waals surface area contributed by atoms with Crippen molar-refractivity contribution < 1.29 is 0 Å². The van der Waals surface area contributed by atoms with E-state index in [9.17, 15) is 0 Å². The minimum atomic E-state index is 0.793. The first kappa shape index (κ1) is 11.0. The van der Waals surface area contributed by atoms with Gasteiger partial charge in [0.15, 0.2) is 0 Å². The van der Waals surface area contributed by atoms with Crippen LogP contribution in [0.1, 0.15) is 13.8 Å². The molecule has 1 rings (SSSR count). The van der Waals surface area contributed by atoms with E-state index < -0.39 is 0 Å². The van der Waals surface area contributed by atoms with Crippen molar-refractivity contribution in [3.05, 3.63) is 0 Å². The molecule has 3 nitrogen and oxygen atoms in total. The van der Waals surface area contributed by atoms with E-state index in [0.717, 1.165) is 19.0 Å². The molecule has 0 saturated carbocycles. The molecule has 0 unspecified atom stereocenters. The third kappa shape index (κ3) is 4.07. The number of rotatable bonds is 4. The van der Waals surface area contributed by atoms with Crippen molar-refractivity contribution in [3.8, 4) is 0 Å². The van der Waals surface area contributed by atoms with E-state index in [2.05, 4.69) is 23.6 Å². The van der Waals surface area contributed by atoms with Crippen LogP contribution in [0.4, 0.5) is 0 Å². The molecule has 78 valence electrons. The molecule has 1 saturated heterocycles. The molecule has 0 bridgehead atoms. The quantitative estimate of drug-likeness (QED) is 0.680. The number of nitrogens with zero attached hydrogens (tertiary/aromatic N) is 2. The molecule has 0 amide bonds. The molecule has 1 aliphatic rings. The van der Waals surface area contributed by atoms with Gasteiger partial charge >= 0.3 is 0 Å². The van der Waals surface area contributed by atoms with Crippen LogP contribution in [0, 0.1) is 5.92 Å². The van der Waals surface area contributed by atoms with Gasteiger partial charge in [-0.25, -0.2) is 0 Å². The van der Waals surface area contributed by atoms with Crippen LogP contribution in [0.2, 0.25) is 0 Å². The molecule has 3 heteroatoms. The zero-order valence-corrected chi connectivity index (χ0v) is 9.00. The van der Waals surface area contributed by atoms with Crippen LogP contribution in [-0.2, 0) is 0 Å². The van der Waals surface area contributed by atoms with E-state index in [4.69, 9.17) is 5.73 Å². The normalized spacial score (nSPS) is 21.2. The lowest BCUT2D eigenvalue weighted by Gasteiger charge is -2.35. The predicted molar refractivity (Wildman–Crippen MR) is 56.8 cm³/mol. The Morgan fingerprint density at radius 2 is 1.62 bits per heavy atom. The Morgan fingerprint density at radius 3 is 2.08 bits per heavy atom. The second kappa shape index (κ2) is 5.58. The van der Waals surface area contributed by atoms with Gasteiger partial charge in [0.2, 0.25) is 0 Å². The summed E-state index contributed by atoms with van der Waals surface area (Å²) in [4.78, 5) is 5.01. The Balaban J connectivity index is 2.15.